The largest absolute Gasteiger partial charge is 0.507 e. The highest BCUT2D eigenvalue weighted by molar-refractivity contribution is 7.91. The van der Waals surface area contributed by atoms with Gasteiger partial charge < -0.3 is 15.4 Å². The average Bonchev–Trinajstić information content (AvgIpc) is 2.65. The molecule has 3 aromatic carbocycles. The molecule has 0 saturated heterocycles. The first-order valence-electron chi connectivity index (χ1n) is 7.37. The van der Waals surface area contributed by atoms with Gasteiger partial charge >= 0.3 is 0 Å². The summed E-state index contributed by atoms with van der Waals surface area (Å²) in [4.78, 5) is 0.391. The molecule has 0 radical (unpaired) electrons. The minimum atomic E-state index is -3.72. The maximum atomic E-state index is 12.2. The zero-order chi connectivity index (χ0) is 19.2. The molecule has 0 aromatic heterocycles. The number of rotatable bonds is 3. The predicted molar refractivity (Wildman–Crippen MR) is 99.9 cm³/mol. The van der Waals surface area contributed by atoms with Gasteiger partial charge in [-0.15, -0.1) is 0 Å². The Morgan fingerprint density at radius 3 is 1.88 bits per heavy atom. The molecule has 3 rings (SSSR count). The number of sulfone groups is 1. The SMILES string of the molecule is Nc1ccc(O)c(S(=O)(=O)c2ccccc2)c1.O=S(O)c1ccccc1. The van der Waals surface area contributed by atoms with Crippen LogP contribution in [0.25, 0.3) is 0 Å². The molecule has 1 atom stereocenters. The number of nitrogen functional groups attached to an aromatic ring is 1. The van der Waals surface area contributed by atoms with E-state index in [0.29, 0.717) is 4.90 Å². The van der Waals surface area contributed by atoms with Crippen LogP contribution in [0, 0.1) is 0 Å². The molecule has 4 N–H and O–H groups in total. The van der Waals surface area contributed by atoms with Gasteiger partial charge in [0.1, 0.15) is 10.6 Å². The van der Waals surface area contributed by atoms with Crippen molar-refractivity contribution in [1.82, 2.24) is 0 Å². The van der Waals surface area contributed by atoms with E-state index < -0.39 is 20.9 Å². The summed E-state index contributed by atoms with van der Waals surface area (Å²) in [5.41, 5.74) is 5.82. The molecule has 3 aromatic rings. The van der Waals surface area contributed by atoms with Crippen molar-refractivity contribution in [3.05, 3.63) is 78.9 Å². The second kappa shape index (κ2) is 8.61. The van der Waals surface area contributed by atoms with Crippen LogP contribution in [-0.4, -0.2) is 22.3 Å². The van der Waals surface area contributed by atoms with Gasteiger partial charge in [0.25, 0.3) is 0 Å². The monoisotopic (exact) mass is 391 g/mol. The fraction of sp³-hybridized carbons (Fsp3) is 0. The molecule has 0 heterocycles. The Labute approximate surface area is 154 Å². The van der Waals surface area contributed by atoms with E-state index in [2.05, 4.69) is 0 Å². The lowest BCUT2D eigenvalue weighted by Crippen LogP contribution is -2.03. The van der Waals surface area contributed by atoms with Crippen LogP contribution in [-0.2, 0) is 20.9 Å². The third-order valence-corrected chi connectivity index (χ3v) is 5.75. The van der Waals surface area contributed by atoms with Gasteiger partial charge in [0.15, 0.2) is 11.1 Å². The molecule has 0 saturated carbocycles. The number of phenolic OH excluding ortho intramolecular Hbond substituents is 1. The molecule has 136 valence electrons. The lowest BCUT2D eigenvalue weighted by atomic mass is 10.3. The van der Waals surface area contributed by atoms with E-state index in [0.717, 1.165) is 0 Å². The highest BCUT2D eigenvalue weighted by Crippen LogP contribution is 2.29. The van der Waals surface area contributed by atoms with Crippen LogP contribution >= 0.6 is 0 Å². The van der Waals surface area contributed by atoms with Gasteiger partial charge in [0, 0.05) is 5.69 Å². The fourth-order valence-corrected chi connectivity index (χ4v) is 3.80. The summed E-state index contributed by atoms with van der Waals surface area (Å²) in [6.07, 6.45) is 0. The highest BCUT2D eigenvalue weighted by Gasteiger charge is 2.21. The summed E-state index contributed by atoms with van der Waals surface area (Å²) in [7, 11) is -3.72. The number of anilines is 1. The summed E-state index contributed by atoms with van der Waals surface area (Å²) in [6.45, 7) is 0. The van der Waals surface area contributed by atoms with Crippen molar-refractivity contribution >= 4 is 26.6 Å². The maximum absolute atomic E-state index is 12.2. The number of nitrogens with two attached hydrogens (primary N) is 1. The Kier molecular flexibility index (Phi) is 6.51. The third-order valence-electron chi connectivity index (χ3n) is 3.27. The first-order chi connectivity index (χ1) is 12.3. The van der Waals surface area contributed by atoms with Crippen molar-refractivity contribution in [3.8, 4) is 5.75 Å². The molecule has 6 nitrogen and oxygen atoms in total. The Bertz CT molecular complexity index is 991. The van der Waals surface area contributed by atoms with Crippen LogP contribution in [0.4, 0.5) is 5.69 Å². The molecule has 0 bridgehead atoms. The fourth-order valence-electron chi connectivity index (χ4n) is 2.01. The Morgan fingerprint density at radius 2 is 1.38 bits per heavy atom. The first kappa shape index (κ1) is 19.6. The number of benzene rings is 3. The van der Waals surface area contributed by atoms with E-state index in [-0.39, 0.29) is 21.2 Å². The van der Waals surface area contributed by atoms with Crippen molar-refractivity contribution in [1.29, 1.82) is 0 Å². The molecule has 0 amide bonds. The molecule has 1 unspecified atom stereocenters. The molecule has 0 aliphatic rings. The molecule has 0 spiro atoms. The Hall–Kier alpha value is -2.68. The molecular formula is C18H17NO5S2. The molecule has 26 heavy (non-hydrogen) atoms. The minimum Gasteiger partial charge on any atom is -0.507 e. The standard InChI is InChI=1S/C12H11NO3S.C6H6O2S/c13-9-6-7-11(14)12(8-9)17(15,16)10-4-2-1-3-5-10;7-9(8)6-4-2-1-3-5-6/h1-8,14H,13H2;1-5H,(H,7,8). The van der Waals surface area contributed by atoms with Gasteiger partial charge in [-0.05, 0) is 42.5 Å². The maximum Gasteiger partial charge on any atom is 0.210 e. The van der Waals surface area contributed by atoms with Crippen molar-refractivity contribution < 1.29 is 22.3 Å². The lowest BCUT2D eigenvalue weighted by molar-refractivity contribution is 0.459. The topological polar surface area (TPSA) is 118 Å². The first-order valence-corrected chi connectivity index (χ1v) is 9.96. The van der Waals surface area contributed by atoms with Gasteiger partial charge in [-0.3, -0.25) is 0 Å². The van der Waals surface area contributed by atoms with Gasteiger partial charge in [0.2, 0.25) is 9.84 Å². The van der Waals surface area contributed by atoms with Crippen LogP contribution < -0.4 is 5.73 Å². The number of hydrogen-bond donors (Lipinski definition) is 3. The van der Waals surface area contributed by atoms with Crippen molar-refractivity contribution in [2.24, 2.45) is 0 Å². The van der Waals surface area contributed by atoms with Gasteiger partial charge in [-0.2, -0.15) is 0 Å². The van der Waals surface area contributed by atoms with E-state index >= 15 is 0 Å². The summed E-state index contributed by atoms with van der Waals surface area (Å²) in [6, 6.07) is 20.3. The van der Waals surface area contributed by atoms with E-state index in [4.69, 9.17) is 10.3 Å². The average molecular weight is 391 g/mol. The van der Waals surface area contributed by atoms with Gasteiger partial charge in [-0.1, -0.05) is 36.4 Å². The third kappa shape index (κ3) is 4.92. The quantitative estimate of drug-likeness (QED) is 0.359. The van der Waals surface area contributed by atoms with Gasteiger partial charge in [-0.25, -0.2) is 12.6 Å². The van der Waals surface area contributed by atoms with Crippen LogP contribution in [0.5, 0.6) is 5.75 Å². The van der Waals surface area contributed by atoms with E-state index in [9.17, 15) is 17.7 Å². The van der Waals surface area contributed by atoms with E-state index in [1.54, 1.807) is 48.5 Å². The number of aromatic hydroxyl groups is 1. The summed E-state index contributed by atoms with van der Waals surface area (Å²) in [5, 5.41) is 9.60. The lowest BCUT2D eigenvalue weighted by Gasteiger charge is -2.07. The van der Waals surface area contributed by atoms with Crippen molar-refractivity contribution in [2.45, 2.75) is 14.7 Å². The van der Waals surface area contributed by atoms with E-state index in [1.807, 2.05) is 0 Å². The van der Waals surface area contributed by atoms with Crippen molar-refractivity contribution in [3.63, 3.8) is 0 Å². The zero-order valence-electron chi connectivity index (χ0n) is 13.5. The smallest absolute Gasteiger partial charge is 0.210 e. The van der Waals surface area contributed by atoms with Crippen LogP contribution in [0.15, 0.2) is 93.5 Å². The Balaban J connectivity index is 0.000000228. The second-order valence-electron chi connectivity index (χ2n) is 5.11. The molecule has 0 aliphatic carbocycles. The highest BCUT2D eigenvalue weighted by atomic mass is 32.2. The summed E-state index contributed by atoms with van der Waals surface area (Å²) >= 11 is -1.83. The number of hydrogen-bond acceptors (Lipinski definition) is 5. The van der Waals surface area contributed by atoms with Crippen LogP contribution in [0.1, 0.15) is 0 Å². The molecule has 8 heteroatoms. The molecular weight excluding hydrogens is 374 g/mol. The second-order valence-corrected chi connectivity index (χ2v) is 7.99. The summed E-state index contributed by atoms with van der Waals surface area (Å²) < 4.78 is 43.2. The minimum absolute atomic E-state index is 0.126. The normalized spacial score (nSPS) is 11.9. The van der Waals surface area contributed by atoms with Crippen molar-refractivity contribution in [2.75, 3.05) is 5.73 Å². The zero-order valence-corrected chi connectivity index (χ0v) is 15.2. The van der Waals surface area contributed by atoms with E-state index in [1.165, 1.54) is 30.3 Å². The van der Waals surface area contributed by atoms with Crippen LogP contribution in [0.3, 0.4) is 0 Å². The van der Waals surface area contributed by atoms with Crippen LogP contribution in [0.2, 0.25) is 0 Å². The Morgan fingerprint density at radius 1 is 0.846 bits per heavy atom. The molecule has 0 fully saturated rings. The number of phenols is 1. The van der Waals surface area contributed by atoms with Gasteiger partial charge in [0.05, 0.1) is 9.79 Å². The predicted octanol–water partition coefficient (Wildman–Crippen LogP) is 3.07. The summed E-state index contributed by atoms with van der Waals surface area (Å²) in [5.74, 6) is -0.303. The molecule has 0 aliphatic heterocycles.